The summed E-state index contributed by atoms with van der Waals surface area (Å²) in [7, 11) is 1.42. The molecule has 0 aliphatic carbocycles. The number of hydrogen-bond donors (Lipinski definition) is 4. The Kier molecular flexibility index (Phi) is 9.12. The number of allylic oxidation sites excluding steroid dienone is 2. The highest BCUT2D eigenvalue weighted by Gasteiger charge is 2.35. The average Bonchev–Trinajstić information content (AvgIpc) is 2.96. The second kappa shape index (κ2) is 12.9. The molecular weight excluding hydrogens is 540 g/mol. The van der Waals surface area contributed by atoms with Gasteiger partial charge >= 0.3 is 0 Å². The molecule has 0 fully saturated rings. The molecule has 3 aromatic carbocycles. The fourth-order valence-electron chi connectivity index (χ4n) is 4.38. The van der Waals surface area contributed by atoms with Gasteiger partial charge in [-0.05, 0) is 67.9 Å². The number of carbonyl (C=O) groups is 3. The number of thioether (sulfide) groups is 1. The molecule has 3 aromatic rings. The Balaban J connectivity index is 1.63. The molecule has 0 spiro atoms. The van der Waals surface area contributed by atoms with Crippen LogP contribution >= 0.6 is 11.8 Å². The summed E-state index contributed by atoms with van der Waals surface area (Å²) in [5, 5.41) is 29.7. The molecule has 0 saturated heterocycles. The van der Waals surface area contributed by atoms with Gasteiger partial charge in [-0.15, -0.1) is 0 Å². The van der Waals surface area contributed by atoms with Gasteiger partial charge in [0.25, 0.3) is 5.91 Å². The van der Waals surface area contributed by atoms with Crippen molar-refractivity contribution >= 4 is 40.7 Å². The summed E-state index contributed by atoms with van der Waals surface area (Å²) >= 11 is 1.13. The number of benzene rings is 3. The number of nitrogens with one attached hydrogen (secondary N) is 3. The topological polar surface area (TPSA) is 141 Å². The lowest BCUT2D eigenvalue weighted by atomic mass is 9.82. The number of Topliss-reactive ketones (excluding diaryl/α,β-unsaturated/α-hetero) is 1. The zero-order chi connectivity index (χ0) is 29.5. The van der Waals surface area contributed by atoms with E-state index in [1.54, 1.807) is 67.6 Å². The van der Waals surface area contributed by atoms with Crippen molar-refractivity contribution in [3.8, 4) is 17.6 Å². The minimum atomic E-state index is -0.802. The number of hydrogen-bond acceptors (Lipinski definition) is 8. The van der Waals surface area contributed by atoms with E-state index < -0.39 is 11.8 Å². The normalized spacial score (nSPS) is 14.5. The van der Waals surface area contributed by atoms with Gasteiger partial charge in [-0.3, -0.25) is 14.4 Å². The quantitative estimate of drug-likeness (QED) is 0.255. The fraction of sp³-hybridized carbons (Fsp3) is 0.161. The summed E-state index contributed by atoms with van der Waals surface area (Å²) in [4.78, 5) is 37.8. The van der Waals surface area contributed by atoms with E-state index in [0.717, 1.165) is 11.8 Å². The minimum Gasteiger partial charge on any atom is -0.504 e. The van der Waals surface area contributed by atoms with E-state index in [4.69, 9.17) is 4.74 Å². The van der Waals surface area contributed by atoms with Crippen LogP contribution in [0.4, 0.5) is 11.4 Å². The molecule has 0 aromatic heterocycles. The molecule has 10 heteroatoms. The van der Waals surface area contributed by atoms with E-state index in [0.29, 0.717) is 38.8 Å². The maximum absolute atomic E-state index is 13.6. The molecule has 2 amide bonds. The Morgan fingerprint density at radius 2 is 1.71 bits per heavy atom. The number of nitriles is 1. The van der Waals surface area contributed by atoms with Gasteiger partial charge < -0.3 is 25.8 Å². The molecule has 0 unspecified atom stereocenters. The van der Waals surface area contributed by atoms with Crippen LogP contribution in [0.1, 0.15) is 35.7 Å². The van der Waals surface area contributed by atoms with E-state index in [2.05, 4.69) is 22.0 Å². The molecule has 4 N–H and O–H groups in total. The lowest BCUT2D eigenvalue weighted by molar-refractivity contribution is -0.114. The van der Waals surface area contributed by atoms with Crippen molar-refractivity contribution in [3.63, 3.8) is 0 Å². The van der Waals surface area contributed by atoms with Gasteiger partial charge in [-0.2, -0.15) is 5.26 Å². The Labute approximate surface area is 241 Å². The summed E-state index contributed by atoms with van der Waals surface area (Å²) in [6, 6.07) is 22.4. The van der Waals surface area contributed by atoms with E-state index in [-0.39, 0.29) is 34.5 Å². The Morgan fingerprint density at radius 3 is 2.34 bits per heavy atom. The Morgan fingerprint density at radius 1 is 1.02 bits per heavy atom. The predicted octanol–water partition coefficient (Wildman–Crippen LogP) is 5.31. The number of nitrogens with zero attached hydrogens (tertiary/aromatic N) is 1. The van der Waals surface area contributed by atoms with Crippen LogP contribution in [0.25, 0.3) is 0 Å². The standard InChI is InChI=1S/C31H28N4O5S/c1-18-28(30(39)35-22-7-5-4-6-8-22)29(21-11-14-25(37)26(15-21)40-3)24(16-32)31(33-18)41-17-27(38)34-23-12-9-20(10-13-23)19(2)36/h4-15,29,33,37H,17H2,1-3H3,(H,34,38)(H,35,39)/t29-/m1/s1. The zero-order valence-corrected chi connectivity index (χ0v) is 23.5. The number of aromatic hydroxyl groups is 1. The first kappa shape index (κ1) is 29.0. The van der Waals surface area contributed by atoms with Crippen LogP contribution in [0.2, 0.25) is 0 Å². The van der Waals surface area contributed by atoms with Gasteiger partial charge in [0.05, 0.1) is 35.5 Å². The lowest BCUT2D eigenvalue weighted by Crippen LogP contribution is -2.31. The fourth-order valence-corrected chi connectivity index (χ4v) is 5.27. The third-order valence-electron chi connectivity index (χ3n) is 6.38. The summed E-state index contributed by atoms with van der Waals surface area (Å²) in [5.41, 5.74) is 3.30. The number of dihydropyridines is 1. The zero-order valence-electron chi connectivity index (χ0n) is 22.6. The first-order chi connectivity index (χ1) is 19.7. The van der Waals surface area contributed by atoms with Gasteiger partial charge in [0.2, 0.25) is 5.91 Å². The Bertz CT molecular complexity index is 1590. The van der Waals surface area contributed by atoms with Gasteiger partial charge in [-0.25, -0.2) is 0 Å². The molecule has 1 aliphatic heterocycles. The van der Waals surface area contributed by atoms with Crippen molar-refractivity contribution in [2.24, 2.45) is 0 Å². The van der Waals surface area contributed by atoms with Crippen molar-refractivity contribution in [2.45, 2.75) is 19.8 Å². The highest BCUT2D eigenvalue weighted by atomic mass is 32.2. The molecular formula is C31H28N4O5S. The summed E-state index contributed by atoms with van der Waals surface area (Å²) in [6.07, 6.45) is 0. The largest absolute Gasteiger partial charge is 0.504 e. The van der Waals surface area contributed by atoms with Gasteiger partial charge in [-0.1, -0.05) is 36.0 Å². The second-order valence-electron chi connectivity index (χ2n) is 9.17. The van der Waals surface area contributed by atoms with E-state index in [9.17, 15) is 24.8 Å². The molecule has 41 heavy (non-hydrogen) atoms. The molecule has 1 atom stereocenters. The highest BCUT2D eigenvalue weighted by molar-refractivity contribution is 8.03. The number of phenols is 1. The molecule has 208 valence electrons. The van der Waals surface area contributed by atoms with Crippen LogP contribution in [0.3, 0.4) is 0 Å². The molecule has 0 bridgehead atoms. The number of phenolic OH excluding ortho intramolecular Hbond substituents is 1. The second-order valence-corrected chi connectivity index (χ2v) is 10.2. The van der Waals surface area contributed by atoms with E-state index in [1.807, 2.05) is 6.07 Å². The van der Waals surface area contributed by atoms with Crippen LogP contribution in [0, 0.1) is 11.3 Å². The maximum atomic E-state index is 13.6. The van der Waals surface area contributed by atoms with Crippen molar-refractivity contribution in [1.82, 2.24) is 5.32 Å². The molecule has 1 aliphatic rings. The van der Waals surface area contributed by atoms with Crippen molar-refractivity contribution in [1.29, 1.82) is 5.26 Å². The van der Waals surface area contributed by atoms with Crippen LogP contribution in [-0.4, -0.2) is 35.6 Å². The van der Waals surface area contributed by atoms with Crippen LogP contribution < -0.4 is 20.7 Å². The van der Waals surface area contributed by atoms with Gasteiger partial charge in [0.1, 0.15) is 0 Å². The van der Waals surface area contributed by atoms with E-state index in [1.165, 1.54) is 20.1 Å². The van der Waals surface area contributed by atoms with Crippen molar-refractivity contribution in [3.05, 3.63) is 106 Å². The summed E-state index contributed by atoms with van der Waals surface area (Å²) in [5.74, 6) is -1.49. The SMILES string of the molecule is COc1cc([C@@H]2C(C#N)=C(SCC(=O)Nc3ccc(C(C)=O)cc3)NC(C)=C2C(=O)Nc2ccccc2)ccc1O. The first-order valence-corrected chi connectivity index (χ1v) is 13.6. The number of amides is 2. The van der Waals surface area contributed by atoms with Gasteiger partial charge in [0, 0.05) is 28.2 Å². The van der Waals surface area contributed by atoms with Crippen molar-refractivity contribution in [2.75, 3.05) is 23.5 Å². The number of ether oxygens (including phenoxy) is 1. The van der Waals surface area contributed by atoms with Crippen LogP contribution in [-0.2, 0) is 9.59 Å². The third kappa shape index (κ3) is 6.77. The number of rotatable bonds is 9. The summed E-state index contributed by atoms with van der Waals surface area (Å²) < 4.78 is 5.29. The van der Waals surface area contributed by atoms with Crippen LogP contribution in [0.5, 0.6) is 11.5 Å². The van der Waals surface area contributed by atoms with Crippen LogP contribution in [0.15, 0.2) is 94.7 Å². The smallest absolute Gasteiger partial charge is 0.254 e. The van der Waals surface area contributed by atoms with E-state index >= 15 is 0 Å². The third-order valence-corrected chi connectivity index (χ3v) is 7.40. The van der Waals surface area contributed by atoms with Crippen molar-refractivity contribution < 1.29 is 24.2 Å². The minimum absolute atomic E-state index is 0.0214. The predicted molar refractivity (Wildman–Crippen MR) is 158 cm³/mol. The number of carbonyl (C=O) groups excluding carboxylic acids is 3. The molecule has 4 rings (SSSR count). The lowest BCUT2D eigenvalue weighted by Gasteiger charge is -2.30. The first-order valence-electron chi connectivity index (χ1n) is 12.6. The summed E-state index contributed by atoms with van der Waals surface area (Å²) in [6.45, 7) is 3.20. The number of methoxy groups -OCH3 is 1. The maximum Gasteiger partial charge on any atom is 0.254 e. The number of ketones is 1. The van der Waals surface area contributed by atoms with Gasteiger partial charge in [0.15, 0.2) is 17.3 Å². The Hall–Kier alpha value is -5.01. The molecule has 1 heterocycles. The number of anilines is 2. The molecule has 9 nitrogen and oxygen atoms in total. The number of para-hydroxylation sites is 1. The monoisotopic (exact) mass is 568 g/mol. The molecule has 0 radical (unpaired) electrons. The average molecular weight is 569 g/mol. The molecule has 0 saturated carbocycles. The highest BCUT2D eigenvalue weighted by Crippen LogP contribution is 2.43.